The van der Waals surface area contributed by atoms with Crippen LogP contribution in [0.1, 0.15) is 26.2 Å². The van der Waals surface area contributed by atoms with E-state index in [9.17, 15) is 9.59 Å². The third-order valence-electron chi connectivity index (χ3n) is 1.82. The lowest BCUT2D eigenvalue weighted by atomic mass is 10.1. The van der Waals surface area contributed by atoms with Gasteiger partial charge in [0, 0.05) is 13.5 Å². The standard InChI is InChI=1S/C9H18N2O3.ClH/c1-7(12)11-6-4-3-5-8(10)9(13)14-2;/h8H,3-6,10H2,1-2H3,(H,11,12);1H/t8-;/m0./s1. The molecule has 0 aliphatic carbocycles. The topological polar surface area (TPSA) is 81.4 Å². The lowest BCUT2D eigenvalue weighted by Crippen LogP contribution is -2.31. The number of amides is 1. The molecule has 0 saturated heterocycles. The Balaban J connectivity index is 0. The molecule has 0 aromatic carbocycles. The highest BCUT2D eigenvalue weighted by molar-refractivity contribution is 5.85. The highest BCUT2D eigenvalue weighted by atomic mass is 35.5. The summed E-state index contributed by atoms with van der Waals surface area (Å²) in [5.74, 6) is -0.424. The third-order valence-corrected chi connectivity index (χ3v) is 1.82. The maximum atomic E-state index is 10.9. The lowest BCUT2D eigenvalue weighted by molar-refractivity contribution is -0.142. The molecular weight excluding hydrogens is 220 g/mol. The summed E-state index contributed by atoms with van der Waals surface area (Å²) in [5.41, 5.74) is 5.51. The van der Waals surface area contributed by atoms with Crippen LogP contribution in [-0.2, 0) is 14.3 Å². The van der Waals surface area contributed by atoms with Crippen LogP contribution in [0.3, 0.4) is 0 Å². The number of nitrogens with one attached hydrogen (secondary N) is 1. The van der Waals surface area contributed by atoms with Gasteiger partial charge in [0.2, 0.25) is 5.91 Å². The lowest BCUT2D eigenvalue weighted by Gasteiger charge is -2.08. The number of ether oxygens (including phenoxy) is 1. The van der Waals surface area contributed by atoms with Crippen LogP contribution in [0.25, 0.3) is 0 Å². The molecule has 5 nitrogen and oxygen atoms in total. The fraction of sp³-hybridized carbons (Fsp3) is 0.778. The number of nitrogens with two attached hydrogens (primary N) is 1. The molecule has 1 amide bonds. The van der Waals surface area contributed by atoms with Gasteiger partial charge in [-0.25, -0.2) is 0 Å². The molecule has 0 heterocycles. The zero-order chi connectivity index (χ0) is 11.0. The van der Waals surface area contributed by atoms with Gasteiger partial charge in [0.25, 0.3) is 0 Å². The number of rotatable bonds is 6. The molecule has 0 aromatic rings. The van der Waals surface area contributed by atoms with Crippen molar-refractivity contribution in [3.05, 3.63) is 0 Å². The van der Waals surface area contributed by atoms with Crippen LogP contribution in [-0.4, -0.2) is 31.6 Å². The number of unbranched alkanes of at least 4 members (excludes halogenated alkanes) is 1. The van der Waals surface area contributed by atoms with E-state index in [1.807, 2.05) is 0 Å². The Bertz CT molecular complexity index is 200. The Labute approximate surface area is 96.1 Å². The predicted molar refractivity (Wildman–Crippen MR) is 59.8 cm³/mol. The van der Waals surface area contributed by atoms with E-state index >= 15 is 0 Å². The maximum absolute atomic E-state index is 10.9. The second-order valence-electron chi connectivity index (χ2n) is 3.11. The second kappa shape index (κ2) is 9.73. The summed E-state index contributed by atoms with van der Waals surface area (Å²) in [6.07, 6.45) is 2.22. The number of methoxy groups -OCH3 is 1. The summed E-state index contributed by atoms with van der Waals surface area (Å²) in [7, 11) is 1.32. The van der Waals surface area contributed by atoms with Crippen molar-refractivity contribution < 1.29 is 14.3 Å². The monoisotopic (exact) mass is 238 g/mol. The first kappa shape index (κ1) is 16.6. The van der Waals surface area contributed by atoms with Crippen molar-refractivity contribution in [2.75, 3.05) is 13.7 Å². The molecule has 90 valence electrons. The van der Waals surface area contributed by atoms with Gasteiger partial charge in [-0.1, -0.05) is 0 Å². The molecule has 0 aliphatic rings. The predicted octanol–water partition coefficient (Wildman–Crippen LogP) is 0.215. The Hall–Kier alpha value is -0.810. The van der Waals surface area contributed by atoms with E-state index in [0.29, 0.717) is 13.0 Å². The molecule has 0 aromatic heterocycles. The summed E-state index contributed by atoms with van der Waals surface area (Å²) in [6.45, 7) is 2.10. The van der Waals surface area contributed by atoms with Crippen LogP contribution in [0.2, 0.25) is 0 Å². The maximum Gasteiger partial charge on any atom is 0.322 e. The molecule has 0 fully saturated rings. The van der Waals surface area contributed by atoms with E-state index in [1.54, 1.807) is 0 Å². The SMILES string of the molecule is COC(=O)[C@@H](N)CCCCNC(C)=O.Cl. The van der Waals surface area contributed by atoms with Crippen molar-refractivity contribution in [3.8, 4) is 0 Å². The van der Waals surface area contributed by atoms with Gasteiger partial charge in [-0.05, 0) is 19.3 Å². The van der Waals surface area contributed by atoms with E-state index < -0.39 is 6.04 Å². The van der Waals surface area contributed by atoms with Gasteiger partial charge in [0.15, 0.2) is 0 Å². The van der Waals surface area contributed by atoms with Crippen LogP contribution in [0.15, 0.2) is 0 Å². The molecule has 0 rings (SSSR count). The molecule has 0 saturated carbocycles. The summed E-state index contributed by atoms with van der Waals surface area (Å²) in [5, 5.41) is 2.67. The minimum Gasteiger partial charge on any atom is -0.468 e. The van der Waals surface area contributed by atoms with E-state index in [4.69, 9.17) is 5.73 Å². The summed E-state index contributed by atoms with van der Waals surface area (Å²) >= 11 is 0. The number of carbonyl (C=O) groups excluding carboxylic acids is 2. The molecule has 0 radical (unpaired) electrons. The average molecular weight is 239 g/mol. The fourth-order valence-corrected chi connectivity index (χ4v) is 1.02. The molecule has 0 unspecified atom stereocenters. The van der Waals surface area contributed by atoms with Gasteiger partial charge in [-0.3, -0.25) is 9.59 Å². The molecule has 15 heavy (non-hydrogen) atoms. The zero-order valence-corrected chi connectivity index (χ0v) is 9.93. The van der Waals surface area contributed by atoms with Crippen LogP contribution >= 0.6 is 12.4 Å². The van der Waals surface area contributed by atoms with Crippen molar-refractivity contribution in [2.45, 2.75) is 32.2 Å². The average Bonchev–Trinajstić information content (AvgIpc) is 2.15. The highest BCUT2D eigenvalue weighted by Gasteiger charge is 2.12. The molecule has 1 atom stereocenters. The summed E-state index contributed by atoms with van der Waals surface area (Å²) in [6, 6.07) is -0.544. The number of esters is 1. The molecular formula is C9H19ClN2O3. The number of hydrogen-bond donors (Lipinski definition) is 2. The van der Waals surface area contributed by atoms with E-state index in [0.717, 1.165) is 12.8 Å². The fourth-order valence-electron chi connectivity index (χ4n) is 1.02. The Morgan fingerprint density at radius 3 is 2.47 bits per heavy atom. The van der Waals surface area contributed by atoms with E-state index in [1.165, 1.54) is 14.0 Å². The Kier molecular flexibility index (Phi) is 10.8. The molecule has 0 spiro atoms. The van der Waals surface area contributed by atoms with Crippen molar-refractivity contribution in [1.82, 2.24) is 5.32 Å². The van der Waals surface area contributed by atoms with Gasteiger partial charge in [0.1, 0.15) is 6.04 Å². The van der Waals surface area contributed by atoms with Crippen LogP contribution in [0.4, 0.5) is 0 Å². The molecule has 6 heteroatoms. The molecule has 0 bridgehead atoms. The minimum absolute atomic E-state index is 0. The molecule has 0 aliphatic heterocycles. The molecule has 3 N–H and O–H groups in total. The third kappa shape index (κ3) is 9.49. The van der Waals surface area contributed by atoms with Crippen LogP contribution in [0.5, 0.6) is 0 Å². The van der Waals surface area contributed by atoms with Crippen LogP contribution < -0.4 is 11.1 Å². The Morgan fingerprint density at radius 1 is 1.40 bits per heavy atom. The largest absolute Gasteiger partial charge is 0.468 e. The Morgan fingerprint density at radius 2 is 2.00 bits per heavy atom. The summed E-state index contributed by atoms with van der Waals surface area (Å²) < 4.78 is 4.47. The minimum atomic E-state index is -0.544. The van der Waals surface area contributed by atoms with Gasteiger partial charge < -0.3 is 15.8 Å². The van der Waals surface area contributed by atoms with E-state index in [-0.39, 0.29) is 24.3 Å². The van der Waals surface area contributed by atoms with Crippen LogP contribution in [0, 0.1) is 0 Å². The first-order valence-corrected chi connectivity index (χ1v) is 4.65. The quantitative estimate of drug-likeness (QED) is 0.512. The van der Waals surface area contributed by atoms with Crippen molar-refractivity contribution in [1.29, 1.82) is 0 Å². The van der Waals surface area contributed by atoms with Gasteiger partial charge in [-0.15, -0.1) is 12.4 Å². The number of hydrogen-bond acceptors (Lipinski definition) is 4. The second-order valence-corrected chi connectivity index (χ2v) is 3.11. The first-order chi connectivity index (χ1) is 6.57. The van der Waals surface area contributed by atoms with Crippen molar-refractivity contribution in [2.24, 2.45) is 5.73 Å². The van der Waals surface area contributed by atoms with E-state index in [2.05, 4.69) is 10.1 Å². The van der Waals surface area contributed by atoms with Gasteiger partial charge >= 0.3 is 5.97 Å². The highest BCUT2D eigenvalue weighted by Crippen LogP contribution is 1.99. The number of halogens is 1. The zero-order valence-electron chi connectivity index (χ0n) is 9.12. The van der Waals surface area contributed by atoms with Crippen molar-refractivity contribution >= 4 is 24.3 Å². The smallest absolute Gasteiger partial charge is 0.322 e. The number of carbonyl (C=O) groups is 2. The van der Waals surface area contributed by atoms with Crippen molar-refractivity contribution in [3.63, 3.8) is 0 Å². The summed E-state index contributed by atoms with van der Waals surface area (Å²) in [4.78, 5) is 21.4. The normalized spacial score (nSPS) is 11.1. The van der Waals surface area contributed by atoms with Gasteiger partial charge in [0.05, 0.1) is 7.11 Å². The first-order valence-electron chi connectivity index (χ1n) is 4.65. The van der Waals surface area contributed by atoms with Gasteiger partial charge in [-0.2, -0.15) is 0 Å².